The Balaban J connectivity index is 1.90. The lowest BCUT2D eigenvalue weighted by Crippen LogP contribution is -2.45. The minimum Gasteiger partial charge on any atom is -0.495 e. The van der Waals surface area contributed by atoms with E-state index in [9.17, 15) is 14.4 Å². The number of amides is 4. The van der Waals surface area contributed by atoms with Crippen LogP contribution < -0.4 is 20.9 Å². The van der Waals surface area contributed by atoms with Gasteiger partial charge in [-0.05, 0) is 36.3 Å². The molecule has 1 aromatic rings. The number of para-hydroxylation sites is 2. The quantitative estimate of drug-likeness (QED) is 0.333. The van der Waals surface area contributed by atoms with E-state index in [-0.39, 0.29) is 25.4 Å². The number of nitrogens with one attached hydrogen (secondary N) is 3. The molecule has 0 atom stereocenters. The lowest BCUT2D eigenvalue weighted by atomic mass is 9.88. The van der Waals surface area contributed by atoms with Crippen LogP contribution in [0.4, 0.5) is 10.5 Å². The van der Waals surface area contributed by atoms with Gasteiger partial charge >= 0.3 is 6.03 Å². The summed E-state index contributed by atoms with van der Waals surface area (Å²) < 4.78 is 5.22. The molecule has 1 aromatic carbocycles. The molecule has 1 aliphatic rings. The van der Waals surface area contributed by atoms with E-state index in [2.05, 4.69) is 10.6 Å². The van der Waals surface area contributed by atoms with Crippen molar-refractivity contribution in [2.75, 3.05) is 32.1 Å². The van der Waals surface area contributed by atoms with Crippen LogP contribution in [0.25, 0.3) is 0 Å². The van der Waals surface area contributed by atoms with E-state index in [0.29, 0.717) is 23.9 Å². The molecule has 2 rings (SSSR count). The Hall–Kier alpha value is -2.81. The third kappa shape index (κ3) is 8.09. The number of hydroxylamine groups is 1. The van der Waals surface area contributed by atoms with Crippen molar-refractivity contribution >= 4 is 23.5 Å². The first kappa shape index (κ1) is 24.5. The lowest BCUT2D eigenvalue weighted by Gasteiger charge is -2.30. The predicted octanol–water partition coefficient (Wildman–Crippen LogP) is 2.76. The molecule has 0 aliphatic heterocycles. The Labute approximate surface area is 183 Å². The molecule has 0 spiro atoms. The molecule has 1 aliphatic carbocycles. The predicted molar refractivity (Wildman–Crippen MR) is 117 cm³/mol. The van der Waals surface area contributed by atoms with Gasteiger partial charge in [-0.3, -0.25) is 14.8 Å². The molecule has 172 valence electrons. The minimum absolute atomic E-state index is 0.160. The molecule has 1 fully saturated rings. The van der Waals surface area contributed by atoms with E-state index in [1.807, 2.05) is 19.9 Å². The third-order valence-electron chi connectivity index (χ3n) is 5.48. The summed E-state index contributed by atoms with van der Waals surface area (Å²) in [5.74, 6) is 0.144. The van der Waals surface area contributed by atoms with Crippen LogP contribution in [0, 0.1) is 11.3 Å². The van der Waals surface area contributed by atoms with E-state index in [4.69, 9.17) is 9.94 Å². The highest BCUT2D eigenvalue weighted by Crippen LogP contribution is 2.27. The minimum atomic E-state index is -0.613. The van der Waals surface area contributed by atoms with Crippen LogP contribution in [0.5, 0.6) is 5.75 Å². The molecule has 4 N–H and O–H groups in total. The molecule has 9 nitrogen and oxygen atoms in total. The third-order valence-corrected chi connectivity index (χ3v) is 5.48. The van der Waals surface area contributed by atoms with Crippen molar-refractivity contribution in [1.82, 2.24) is 15.7 Å². The number of nitrogens with zero attached hydrogens (tertiary/aromatic N) is 1. The molecule has 0 heterocycles. The smallest absolute Gasteiger partial charge is 0.319 e. The Kier molecular flexibility index (Phi) is 9.11. The van der Waals surface area contributed by atoms with Crippen LogP contribution in [0.3, 0.4) is 0 Å². The topological polar surface area (TPSA) is 120 Å². The van der Waals surface area contributed by atoms with Gasteiger partial charge < -0.3 is 20.3 Å². The van der Waals surface area contributed by atoms with Crippen molar-refractivity contribution in [3.63, 3.8) is 0 Å². The summed E-state index contributed by atoms with van der Waals surface area (Å²) in [7, 11) is 1.53. The van der Waals surface area contributed by atoms with E-state index >= 15 is 0 Å². The van der Waals surface area contributed by atoms with E-state index in [1.54, 1.807) is 23.7 Å². The normalized spacial score (nSPS) is 14.1. The number of carbonyl (C=O) groups excluding carboxylic acids is 3. The second-order valence-electron chi connectivity index (χ2n) is 8.81. The zero-order valence-corrected chi connectivity index (χ0v) is 18.6. The van der Waals surface area contributed by atoms with Crippen LogP contribution in [-0.2, 0) is 9.59 Å². The summed E-state index contributed by atoms with van der Waals surface area (Å²) in [6, 6.07) is 6.69. The zero-order chi connectivity index (χ0) is 22.9. The number of hydrogen-bond donors (Lipinski definition) is 4. The van der Waals surface area contributed by atoms with Crippen molar-refractivity contribution in [3.8, 4) is 5.75 Å². The summed E-state index contributed by atoms with van der Waals surface area (Å²) in [6.45, 7) is 4.36. The molecule has 0 unspecified atom stereocenters. The van der Waals surface area contributed by atoms with Gasteiger partial charge in [0.25, 0.3) is 5.91 Å². The molecule has 0 bridgehead atoms. The fraction of sp³-hybridized carbons (Fsp3) is 0.591. The van der Waals surface area contributed by atoms with Gasteiger partial charge in [-0.2, -0.15) is 0 Å². The van der Waals surface area contributed by atoms with E-state index in [0.717, 1.165) is 25.7 Å². The number of methoxy groups -OCH3 is 1. The first-order chi connectivity index (χ1) is 14.7. The van der Waals surface area contributed by atoms with Crippen molar-refractivity contribution in [2.24, 2.45) is 11.3 Å². The van der Waals surface area contributed by atoms with Crippen LogP contribution in [-0.4, -0.2) is 54.7 Å². The maximum Gasteiger partial charge on any atom is 0.319 e. The van der Waals surface area contributed by atoms with Crippen molar-refractivity contribution in [2.45, 2.75) is 46.0 Å². The highest BCUT2D eigenvalue weighted by atomic mass is 16.5. The van der Waals surface area contributed by atoms with Gasteiger partial charge in [0.2, 0.25) is 5.91 Å². The molecule has 0 aromatic heterocycles. The molecule has 31 heavy (non-hydrogen) atoms. The van der Waals surface area contributed by atoms with Crippen molar-refractivity contribution < 1.29 is 24.3 Å². The van der Waals surface area contributed by atoms with Crippen LogP contribution >= 0.6 is 0 Å². The monoisotopic (exact) mass is 434 g/mol. The summed E-state index contributed by atoms with van der Waals surface area (Å²) in [6.07, 6.45) is 4.51. The van der Waals surface area contributed by atoms with Gasteiger partial charge in [0, 0.05) is 19.5 Å². The van der Waals surface area contributed by atoms with Gasteiger partial charge in [-0.25, -0.2) is 10.3 Å². The number of ether oxygens (including phenoxy) is 1. The first-order valence-electron chi connectivity index (χ1n) is 10.6. The SMILES string of the molecule is COc1ccccc1NC(=O)NCC(C)(C)CC(=O)N(CC(=O)NO)CC1CCCC1. The number of urea groups is 1. The van der Waals surface area contributed by atoms with Crippen LogP contribution in [0.1, 0.15) is 46.0 Å². The van der Waals surface area contributed by atoms with Crippen molar-refractivity contribution in [3.05, 3.63) is 24.3 Å². The fourth-order valence-corrected chi connectivity index (χ4v) is 3.79. The number of benzene rings is 1. The number of rotatable bonds is 10. The number of hydrogen-bond acceptors (Lipinski definition) is 5. The second kappa shape index (κ2) is 11.5. The lowest BCUT2D eigenvalue weighted by molar-refractivity contribution is -0.141. The van der Waals surface area contributed by atoms with E-state index in [1.165, 1.54) is 12.0 Å². The van der Waals surface area contributed by atoms with Crippen LogP contribution in [0.15, 0.2) is 24.3 Å². The molecule has 9 heteroatoms. The molecule has 0 saturated heterocycles. The highest BCUT2D eigenvalue weighted by molar-refractivity contribution is 5.91. The Morgan fingerprint density at radius 1 is 1.19 bits per heavy atom. The van der Waals surface area contributed by atoms with Crippen molar-refractivity contribution in [1.29, 1.82) is 0 Å². The standard InChI is InChI=1S/C22H34N4O5/c1-22(2,15-23-21(29)24-17-10-6-7-11-18(17)31-3)12-20(28)26(14-19(27)25-30)13-16-8-4-5-9-16/h6-7,10-11,16,30H,4-5,8-9,12-15H2,1-3H3,(H,25,27)(H2,23,24,29). The largest absolute Gasteiger partial charge is 0.495 e. The summed E-state index contributed by atoms with van der Waals surface area (Å²) in [5.41, 5.74) is 1.62. The second-order valence-corrected chi connectivity index (χ2v) is 8.81. The van der Waals surface area contributed by atoms with Crippen LogP contribution in [0.2, 0.25) is 0 Å². The first-order valence-corrected chi connectivity index (χ1v) is 10.6. The fourth-order valence-electron chi connectivity index (χ4n) is 3.79. The summed E-state index contributed by atoms with van der Waals surface area (Å²) in [4.78, 5) is 38.4. The number of anilines is 1. The summed E-state index contributed by atoms with van der Waals surface area (Å²) >= 11 is 0. The van der Waals surface area contributed by atoms with Gasteiger partial charge in [0.15, 0.2) is 0 Å². The molecule has 1 saturated carbocycles. The summed E-state index contributed by atoms with van der Waals surface area (Å²) in [5, 5.41) is 14.4. The number of carbonyl (C=O) groups is 3. The van der Waals surface area contributed by atoms with Gasteiger partial charge in [0.05, 0.1) is 12.8 Å². The average molecular weight is 435 g/mol. The molecule has 0 radical (unpaired) electrons. The van der Waals surface area contributed by atoms with Gasteiger partial charge in [-0.1, -0.05) is 38.8 Å². The highest BCUT2D eigenvalue weighted by Gasteiger charge is 2.29. The Morgan fingerprint density at radius 2 is 1.87 bits per heavy atom. The Bertz CT molecular complexity index is 762. The molecular formula is C22H34N4O5. The van der Waals surface area contributed by atoms with Gasteiger partial charge in [0.1, 0.15) is 12.3 Å². The van der Waals surface area contributed by atoms with E-state index < -0.39 is 17.4 Å². The maximum atomic E-state index is 12.9. The zero-order valence-electron chi connectivity index (χ0n) is 18.6. The molecule has 4 amide bonds. The Morgan fingerprint density at radius 3 is 2.52 bits per heavy atom. The average Bonchev–Trinajstić information content (AvgIpc) is 3.25. The van der Waals surface area contributed by atoms with Gasteiger partial charge in [-0.15, -0.1) is 0 Å². The maximum absolute atomic E-state index is 12.9. The molecular weight excluding hydrogens is 400 g/mol.